The maximum atomic E-state index is 11.1. The van der Waals surface area contributed by atoms with Crippen molar-refractivity contribution in [2.24, 2.45) is 11.5 Å². The highest BCUT2D eigenvalue weighted by Crippen LogP contribution is 2.26. The summed E-state index contributed by atoms with van der Waals surface area (Å²) in [5, 5.41) is 4.66. The lowest BCUT2D eigenvalue weighted by molar-refractivity contribution is -0.119. The summed E-state index contributed by atoms with van der Waals surface area (Å²) in [6.45, 7) is 0. The van der Waals surface area contributed by atoms with E-state index < -0.39 is 11.9 Å². The normalized spacial score (nSPS) is 12.7. The molecule has 0 spiro atoms. The molecule has 3 rings (SSSR count). The number of amides is 1. The lowest BCUT2D eigenvalue weighted by atomic mass is 9.96. The van der Waals surface area contributed by atoms with Crippen molar-refractivity contribution in [1.29, 1.82) is 0 Å². The molecule has 1 amide bonds. The van der Waals surface area contributed by atoms with Crippen molar-refractivity contribution in [2.75, 3.05) is 0 Å². The summed E-state index contributed by atoms with van der Waals surface area (Å²) in [7, 11) is 0. The Morgan fingerprint density at radius 1 is 0.950 bits per heavy atom. The molecule has 0 heterocycles. The molecular formula is C17H16N2O. The van der Waals surface area contributed by atoms with Gasteiger partial charge in [0.25, 0.3) is 0 Å². The molecule has 0 saturated heterocycles. The monoisotopic (exact) mass is 264 g/mol. The highest BCUT2D eigenvalue weighted by atomic mass is 16.1. The lowest BCUT2D eigenvalue weighted by Gasteiger charge is -2.11. The van der Waals surface area contributed by atoms with Crippen LogP contribution in [0.25, 0.3) is 21.5 Å². The molecule has 0 bridgehead atoms. The smallest absolute Gasteiger partial charge is 0.234 e. The Bertz CT molecular complexity index is 795. The van der Waals surface area contributed by atoms with Gasteiger partial charge in [-0.2, -0.15) is 0 Å². The Hall–Kier alpha value is -2.39. The average Bonchev–Trinajstić information content (AvgIpc) is 2.45. The van der Waals surface area contributed by atoms with E-state index in [0.29, 0.717) is 6.42 Å². The van der Waals surface area contributed by atoms with Gasteiger partial charge in [0.05, 0.1) is 6.04 Å². The van der Waals surface area contributed by atoms with Crippen LogP contribution in [0, 0.1) is 0 Å². The third-order valence-electron chi connectivity index (χ3n) is 3.64. The summed E-state index contributed by atoms with van der Waals surface area (Å²) in [6.07, 6.45) is 0.463. The minimum atomic E-state index is -0.646. The molecule has 100 valence electrons. The second-order valence-corrected chi connectivity index (χ2v) is 5.05. The molecule has 0 aromatic heterocycles. The third-order valence-corrected chi connectivity index (χ3v) is 3.64. The number of rotatable bonds is 3. The molecule has 0 unspecified atom stereocenters. The van der Waals surface area contributed by atoms with Crippen molar-refractivity contribution < 1.29 is 4.79 Å². The van der Waals surface area contributed by atoms with E-state index in [1.807, 2.05) is 24.3 Å². The van der Waals surface area contributed by atoms with E-state index in [2.05, 4.69) is 30.3 Å². The maximum Gasteiger partial charge on any atom is 0.234 e. The predicted molar refractivity (Wildman–Crippen MR) is 82.3 cm³/mol. The molecule has 0 aliphatic carbocycles. The number of hydrogen-bond donors (Lipinski definition) is 2. The van der Waals surface area contributed by atoms with Gasteiger partial charge in [-0.3, -0.25) is 4.79 Å². The van der Waals surface area contributed by atoms with Gasteiger partial charge < -0.3 is 11.5 Å². The molecule has 3 nitrogen and oxygen atoms in total. The van der Waals surface area contributed by atoms with Crippen molar-refractivity contribution in [1.82, 2.24) is 0 Å². The van der Waals surface area contributed by atoms with Gasteiger partial charge in [-0.25, -0.2) is 0 Å². The summed E-state index contributed by atoms with van der Waals surface area (Å²) in [5.41, 5.74) is 12.1. The van der Waals surface area contributed by atoms with Crippen LogP contribution in [0.2, 0.25) is 0 Å². The quantitative estimate of drug-likeness (QED) is 0.713. The molecular weight excluding hydrogens is 248 g/mol. The van der Waals surface area contributed by atoms with E-state index in [9.17, 15) is 4.79 Å². The zero-order chi connectivity index (χ0) is 14.1. The minimum absolute atomic E-state index is 0.463. The first-order valence-corrected chi connectivity index (χ1v) is 6.60. The second-order valence-electron chi connectivity index (χ2n) is 5.05. The van der Waals surface area contributed by atoms with Crippen LogP contribution in [-0.2, 0) is 11.2 Å². The van der Waals surface area contributed by atoms with E-state index >= 15 is 0 Å². The van der Waals surface area contributed by atoms with Gasteiger partial charge in [0.1, 0.15) is 0 Å². The zero-order valence-corrected chi connectivity index (χ0v) is 11.0. The van der Waals surface area contributed by atoms with Crippen LogP contribution < -0.4 is 11.5 Å². The zero-order valence-electron chi connectivity index (χ0n) is 11.0. The van der Waals surface area contributed by atoms with E-state index in [-0.39, 0.29) is 0 Å². The summed E-state index contributed by atoms with van der Waals surface area (Å²) in [5.74, 6) is -0.470. The molecule has 0 aliphatic rings. The molecule has 0 saturated carbocycles. The predicted octanol–water partition coefficient (Wildman–Crippen LogP) is 2.35. The SMILES string of the molecule is NC(=O)[C@@H](N)Cc1cccc2cc3ccccc3cc12. The number of fused-ring (bicyclic) bond motifs is 2. The maximum absolute atomic E-state index is 11.1. The Balaban J connectivity index is 2.17. The number of primary amides is 1. The van der Waals surface area contributed by atoms with E-state index in [0.717, 1.165) is 16.3 Å². The Morgan fingerprint density at radius 2 is 1.60 bits per heavy atom. The van der Waals surface area contributed by atoms with Crippen molar-refractivity contribution >= 4 is 27.5 Å². The van der Waals surface area contributed by atoms with Crippen LogP contribution in [0.15, 0.2) is 54.6 Å². The van der Waals surface area contributed by atoms with Gasteiger partial charge in [-0.05, 0) is 45.7 Å². The largest absolute Gasteiger partial charge is 0.368 e. The Kier molecular flexibility index (Phi) is 3.12. The number of carbonyl (C=O) groups excluding carboxylic acids is 1. The van der Waals surface area contributed by atoms with Gasteiger partial charge in [-0.15, -0.1) is 0 Å². The fourth-order valence-corrected chi connectivity index (χ4v) is 2.55. The van der Waals surface area contributed by atoms with Crippen LogP contribution in [0.1, 0.15) is 5.56 Å². The standard InChI is InChI=1S/C17H16N2O/c18-16(17(19)20)10-14-7-3-6-13-8-11-4-1-2-5-12(11)9-15(13)14/h1-9,16H,10,18H2,(H2,19,20)/t16-/m0/s1. The van der Waals surface area contributed by atoms with Gasteiger partial charge in [-0.1, -0.05) is 42.5 Å². The molecule has 0 aliphatic heterocycles. The molecule has 0 fully saturated rings. The fourth-order valence-electron chi connectivity index (χ4n) is 2.55. The fraction of sp³-hybridized carbons (Fsp3) is 0.118. The van der Waals surface area contributed by atoms with Crippen molar-refractivity contribution in [3.63, 3.8) is 0 Å². The van der Waals surface area contributed by atoms with Gasteiger partial charge in [0.15, 0.2) is 0 Å². The first-order valence-electron chi connectivity index (χ1n) is 6.60. The number of benzene rings is 3. The van der Waals surface area contributed by atoms with Crippen molar-refractivity contribution in [2.45, 2.75) is 12.5 Å². The highest BCUT2D eigenvalue weighted by molar-refractivity contribution is 5.99. The third kappa shape index (κ3) is 2.24. The topological polar surface area (TPSA) is 69.1 Å². The summed E-state index contributed by atoms with van der Waals surface area (Å²) in [4.78, 5) is 11.1. The van der Waals surface area contributed by atoms with Gasteiger partial charge in [0.2, 0.25) is 5.91 Å². The summed E-state index contributed by atoms with van der Waals surface area (Å²) < 4.78 is 0. The first kappa shape index (κ1) is 12.6. The van der Waals surface area contributed by atoms with Crippen molar-refractivity contribution in [3.05, 3.63) is 60.2 Å². The Labute approximate surface area is 117 Å². The molecule has 4 N–H and O–H groups in total. The molecule has 3 aromatic rings. The van der Waals surface area contributed by atoms with Gasteiger partial charge >= 0.3 is 0 Å². The molecule has 3 aromatic carbocycles. The molecule has 20 heavy (non-hydrogen) atoms. The minimum Gasteiger partial charge on any atom is -0.368 e. The Morgan fingerprint density at radius 3 is 2.30 bits per heavy atom. The van der Waals surface area contributed by atoms with E-state index in [4.69, 9.17) is 11.5 Å². The van der Waals surface area contributed by atoms with Crippen LogP contribution in [0.5, 0.6) is 0 Å². The second kappa shape index (κ2) is 4.94. The average molecular weight is 264 g/mol. The van der Waals surface area contributed by atoms with E-state index in [1.54, 1.807) is 0 Å². The molecule has 1 atom stereocenters. The van der Waals surface area contributed by atoms with Crippen LogP contribution in [0.4, 0.5) is 0 Å². The summed E-state index contributed by atoms with van der Waals surface area (Å²) >= 11 is 0. The van der Waals surface area contributed by atoms with Crippen LogP contribution >= 0.6 is 0 Å². The number of nitrogens with two attached hydrogens (primary N) is 2. The highest BCUT2D eigenvalue weighted by Gasteiger charge is 2.12. The lowest BCUT2D eigenvalue weighted by Crippen LogP contribution is -2.38. The van der Waals surface area contributed by atoms with Crippen LogP contribution in [-0.4, -0.2) is 11.9 Å². The first-order chi connectivity index (χ1) is 9.65. The number of carbonyl (C=O) groups is 1. The van der Waals surface area contributed by atoms with Gasteiger partial charge in [0, 0.05) is 0 Å². The number of hydrogen-bond acceptors (Lipinski definition) is 2. The van der Waals surface area contributed by atoms with Crippen molar-refractivity contribution in [3.8, 4) is 0 Å². The molecule has 0 radical (unpaired) electrons. The van der Waals surface area contributed by atoms with E-state index in [1.165, 1.54) is 10.8 Å². The van der Waals surface area contributed by atoms with Crippen LogP contribution in [0.3, 0.4) is 0 Å². The molecule has 3 heteroatoms. The summed E-state index contributed by atoms with van der Waals surface area (Å²) in [6, 6.07) is 17.9.